The molecule has 1 aromatic carbocycles. The van der Waals surface area contributed by atoms with Gasteiger partial charge in [0.15, 0.2) is 5.78 Å². The lowest BCUT2D eigenvalue weighted by molar-refractivity contribution is -0.137. The number of hydrogen-bond acceptors (Lipinski definition) is 4. The minimum absolute atomic E-state index is 0.00405. The molecule has 0 fully saturated rings. The van der Waals surface area contributed by atoms with Crippen molar-refractivity contribution in [1.29, 1.82) is 0 Å². The van der Waals surface area contributed by atoms with Gasteiger partial charge >= 0.3 is 6.18 Å². The summed E-state index contributed by atoms with van der Waals surface area (Å²) in [7, 11) is 0. The predicted octanol–water partition coefficient (Wildman–Crippen LogP) is 4.00. The van der Waals surface area contributed by atoms with Gasteiger partial charge in [-0.25, -0.2) is 9.97 Å². The number of carbonyl (C=O) groups excluding carboxylic acids is 1. The summed E-state index contributed by atoms with van der Waals surface area (Å²) in [4.78, 5) is 20.2. The van der Waals surface area contributed by atoms with E-state index in [2.05, 4.69) is 15.3 Å². The Bertz CT molecular complexity index is 758. The molecule has 120 valence electrons. The van der Waals surface area contributed by atoms with Gasteiger partial charge in [-0.1, -0.05) is 13.0 Å². The number of nitrogens with zero attached hydrogens (tertiary/aromatic N) is 2. The Morgan fingerprint density at radius 1 is 1.26 bits per heavy atom. The molecule has 7 heteroatoms. The summed E-state index contributed by atoms with van der Waals surface area (Å²) in [6.07, 6.45) is -1.85. The van der Waals surface area contributed by atoms with Crippen LogP contribution in [0.5, 0.6) is 0 Å². The van der Waals surface area contributed by atoms with Crippen LogP contribution in [0.2, 0.25) is 0 Å². The molecule has 0 radical (unpaired) electrons. The highest BCUT2D eigenvalue weighted by atomic mass is 19.4. The third-order valence-electron chi connectivity index (χ3n) is 3.69. The molecular weight excluding hydrogens is 307 g/mol. The summed E-state index contributed by atoms with van der Waals surface area (Å²) in [6, 6.07) is 4.82. The first-order valence-corrected chi connectivity index (χ1v) is 7.16. The molecule has 1 aromatic heterocycles. The van der Waals surface area contributed by atoms with Crippen LogP contribution in [0.25, 0.3) is 0 Å². The number of carbonyl (C=O) groups is 1. The van der Waals surface area contributed by atoms with E-state index in [4.69, 9.17) is 0 Å². The fourth-order valence-corrected chi connectivity index (χ4v) is 2.60. The molecule has 1 heterocycles. The minimum atomic E-state index is -4.41. The molecule has 2 aromatic rings. The number of rotatable bonds is 2. The van der Waals surface area contributed by atoms with Crippen LogP contribution in [0, 0.1) is 5.92 Å². The van der Waals surface area contributed by atoms with E-state index in [1.54, 1.807) is 0 Å². The number of nitrogens with one attached hydrogen (secondary N) is 1. The Balaban J connectivity index is 1.87. The highest BCUT2D eigenvalue weighted by molar-refractivity contribution is 5.98. The van der Waals surface area contributed by atoms with E-state index in [1.165, 1.54) is 18.3 Å². The van der Waals surface area contributed by atoms with Crippen molar-refractivity contribution in [1.82, 2.24) is 9.97 Å². The predicted molar refractivity (Wildman–Crippen MR) is 78.6 cm³/mol. The first-order valence-electron chi connectivity index (χ1n) is 7.16. The van der Waals surface area contributed by atoms with Gasteiger partial charge in [-0.15, -0.1) is 0 Å². The Morgan fingerprint density at radius 2 is 2.04 bits per heavy atom. The molecule has 0 saturated heterocycles. The topological polar surface area (TPSA) is 54.9 Å². The molecular formula is C16H14F3N3O. The number of aromatic nitrogens is 2. The first kappa shape index (κ1) is 15.5. The number of anilines is 2. The largest absolute Gasteiger partial charge is 0.416 e. The van der Waals surface area contributed by atoms with Gasteiger partial charge in [0.1, 0.15) is 0 Å². The molecule has 23 heavy (non-hydrogen) atoms. The van der Waals surface area contributed by atoms with Crippen molar-refractivity contribution in [2.45, 2.75) is 25.9 Å². The molecule has 0 aliphatic heterocycles. The molecule has 3 rings (SSSR count). The molecule has 0 unspecified atom stereocenters. The zero-order chi connectivity index (χ0) is 16.6. The number of alkyl halides is 3. The number of ketones is 1. The fourth-order valence-electron chi connectivity index (χ4n) is 2.60. The molecule has 4 nitrogen and oxygen atoms in total. The van der Waals surface area contributed by atoms with Crippen LogP contribution in [0.4, 0.5) is 24.8 Å². The summed E-state index contributed by atoms with van der Waals surface area (Å²) in [5.74, 6) is 0.389. The SMILES string of the molecule is C[C@H]1CC(=O)c2cnc(Nc3cccc(C(F)(F)F)c3)nc2C1. The van der Waals surface area contributed by atoms with Gasteiger partial charge in [0, 0.05) is 18.3 Å². The third kappa shape index (κ3) is 3.33. The van der Waals surface area contributed by atoms with Gasteiger partial charge in [-0.2, -0.15) is 13.2 Å². The lowest BCUT2D eigenvalue weighted by atomic mass is 9.88. The Labute approximate surface area is 130 Å². The van der Waals surface area contributed by atoms with E-state index >= 15 is 0 Å². The van der Waals surface area contributed by atoms with Crippen molar-refractivity contribution in [3.63, 3.8) is 0 Å². The van der Waals surface area contributed by atoms with Gasteiger partial charge in [0.05, 0.1) is 16.8 Å². The van der Waals surface area contributed by atoms with Gasteiger partial charge in [0.25, 0.3) is 0 Å². The normalized spacial score (nSPS) is 17.7. The standard InChI is InChI=1S/C16H14F3N3O/c1-9-5-13-12(14(23)6-9)8-20-15(22-13)21-11-4-2-3-10(7-11)16(17,18)19/h2-4,7-9H,5-6H2,1H3,(H,20,21,22)/t9-/m1/s1. The maximum absolute atomic E-state index is 12.7. The second-order valence-electron chi connectivity index (χ2n) is 5.69. The lowest BCUT2D eigenvalue weighted by Crippen LogP contribution is -2.20. The average Bonchev–Trinajstić information content (AvgIpc) is 2.46. The van der Waals surface area contributed by atoms with E-state index < -0.39 is 11.7 Å². The van der Waals surface area contributed by atoms with Crippen LogP contribution in [0.15, 0.2) is 30.5 Å². The molecule has 1 aliphatic rings. The van der Waals surface area contributed by atoms with Crippen molar-refractivity contribution in [2.24, 2.45) is 5.92 Å². The van der Waals surface area contributed by atoms with Gasteiger partial charge in [-0.05, 0) is 30.5 Å². The maximum Gasteiger partial charge on any atom is 0.416 e. The highest BCUT2D eigenvalue weighted by Gasteiger charge is 2.30. The van der Waals surface area contributed by atoms with Crippen molar-refractivity contribution in [3.8, 4) is 0 Å². The smallest absolute Gasteiger partial charge is 0.324 e. The van der Waals surface area contributed by atoms with Gasteiger partial charge in [0.2, 0.25) is 5.95 Å². The second kappa shape index (κ2) is 5.64. The number of hydrogen-bond donors (Lipinski definition) is 1. The van der Waals surface area contributed by atoms with E-state index in [-0.39, 0.29) is 23.3 Å². The van der Waals surface area contributed by atoms with Crippen LogP contribution in [-0.2, 0) is 12.6 Å². The van der Waals surface area contributed by atoms with E-state index in [0.29, 0.717) is 24.1 Å². The fraction of sp³-hybridized carbons (Fsp3) is 0.312. The summed E-state index contributed by atoms with van der Waals surface area (Å²) < 4.78 is 38.2. The molecule has 0 bridgehead atoms. The minimum Gasteiger partial charge on any atom is -0.324 e. The Kier molecular flexibility index (Phi) is 3.79. The number of Topliss-reactive ketones (excluding diaryl/α,β-unsaturated/α-hetero) is 1. The Hall–Kier alpha value is -2.44. The van der Waals surface area contributed by atoms with Crippen LogP contribution in [0.3, 0.4) is 0 Å². The molecule has 1 N–H and O–H groups in total. The van der Waals surface area contributed by atoms with Crippen LogP contribution in [0.1, 0.15) is 35.0 Å². The average molecular weight is 321 g/mol. The van der Waals surface area contributed by atoms with E-state index in [1.807, 2.05) is 6.92 Å². The quantitative estimate of drug-likeness (QED) is 0.908. The summed E-state index contributed by atoms with van der Waals surface area (Å²) >= 11 is 0. The Morgan fingerprint density at radius 3 is 2.78 bits per heavy atom. The maximum atomic E-state index is 12.7. The number of benzene rings is 1. The molecule has 1 atom stereocenters. The summed E-state index contributed by atoms with van der Waals surface area (Å²) in [6.45, 7) is 1.96. The second-order valence-corrected chi connectivity index (χ2v) is 5.69. The van der Waals surface area contributed by atoms with Gasteiger partial charge in [-0.3, -0.25) is 4.79 Å². The van der Waals surface area contributed by atoms with Gasteiger partial charge < -0.3 is 5.32 Å². The first-order chi connectivity index (χ1) is 10.8. The zero-order valence-electron chi connectivity index (χ0n) is 12.3. The van der Waals surface area contributed by atoms with Crippen molar-refractivity contribution < 1.29 is 18.0 Å². The van der Waals surface area contributed by atoms with E-state index in [9.17, 15) is 18.0 Å². The van der Waals surface area contributed by atoms with Crippen molar-refractivity contribution in [3.05, 3.63) is 47.3 Å². The molecule has 0 spiro atoms. The van der Waals surface area contributed by atoms with Crippen molar-refractivity contribution >= 4 is 17.4 Å². The highest BCUT2D eigenvalue weighted by Crippen LogP contribution is 2.31. The van der Waals surface area contributed by atoms with Crippen LogP contribution in [-0.4, -0.2) is 15.8 Å². The molecule has 1 aliphatic carbocycles. The summed E-state index contributed by atoms with van der Waals surface area (Å²) in [5.41, 5.74) is 0.634. The van der Waals surface area contributed by atoms with Crippen LogP contribution < -0.4 is 5.32 Å². The zero-order valence-corrected chi connectivity index (χ0v) is 12.3. The lowest BCUT2D eigenvalue weighted by Gasteiger charge is -2.19. The molecule has 0 amide bonds. The summed E-state index contributed by atoms with van der Waals surface area (Å²) in [5, 5.41) is 2.76. The monoisotopic (exact) mass is 321 g/mol. The number of fused-ring (bicyclic) bond motifs is 1. The van der Waals surface area contributed by atoms with Crippen LogP contribution >= 0.6 is 0 Å². The van der Waals surface area contributed by atoms with E-state index in [0.717, 1.165) is 12.1 Å². The number of halogens is 3. The molecule has 0 saturated carbocycles. The van der Waals surface area contributed by atoms with Crippen molar-refractivity contribution in [2.75, 3.05) is 5.32 Å². The third-order valence-corrected chi connectivity index (χ3v) is 3.69.